The minimum atomic E-state index is -1.17. The zero-order valence-electron chi connectivity index (χ0n) is 8.73. The molecule has 15 heavy (non-hydrogen) atoms. The van der Waals surface area contributed by atoms with E-state index in [0.717, 1.165) is 0 Å². The van der Waals surface area contributed by atoms with Crippen LogP contribution in [0, 0.1) is 0 Å². The summed E-state index contributed by atoms with van der Waals surface area (Å²) in [5.74, 6) is -1.68. The second-order valence-electron chi connectivity index (χ2n) is 3.31. The van der Waals surface area contributed by atoms with Gasteiger partial charge in [0.15, 0.2) is 0 Å². The summed E-state index contributed by atoms with van der Waals surface area (Å²) in [5.41, 5.74) is 5.44. The van der Waals surface area contributed by atoms with E-state index in [1.807, 2.05) is 0 Å². The van der Waals surface area contributed by atoms with E-state index in [2.05, 4.69) is 5.32 Å². The summed E-state index contributed by atoms with van der Waals surface area (Å²) in [7, 11) is 0. The molecule has 0 aliphatic rings. The maximum Gasteiger partial charge on any atom is 0.322 e. The van der Waals surface area contributed by atoms with Gasteiger partial charge >= 0.3 is 5.97 Å². The standard InChI is InChI=1S/C8H16N2O4S/c1-5(2)15(14)4-6(9)8(13)10-3-7(11)12/h5-6H,3-4,9H2,1-2H3,(H,10,13)(H,11,12)/t6-,15?/m0/s1. The van der Waals surface area contributed by atoms with Crippen molar-refractivity contribution >= 4 is 23.1 Å². The van der Waals surface area contributed by atoms with Gasteiger partial charge in [0.05, 0.1) is 0 Å². The molecule has 1 unspecified atom stereocenters. The number of hydrogen-bond acceptors (Lipinski definition) is 4. The Hall–Kier alpha value is -0.790. The lowest BCUT2D eigenvalue weighted by molar-refractivity contribution is -0.138. The smallest absolute Gasteiger partial charge is 0.322 e. The van der Waals surface area contributed by atoms with Crippen LogP contribution >= 0.6 is 0 Å². The van der Waals surface area contributed by atoms with Gasteiger partial charge in [-0.3, -0.25) is 9.59 Å². The van der Waals surface area contributed by atoms with Crippen molar-refractivity contribution < 1.29 is 19.2 Å². The topological polar surface area (TPSA) is 115 Å². The van der Waals surface area contributed by atoms with Crippen molar-refractivity contribution in [1.82, 2.24) is 5.32 Å². The highest BCUT2D eigenvalue weighted by Crippen LogP contribution is 2.01. The first-order chi connectivity index (χ1) is 6.84. The van der Waals surface area contributed by atoms with Crippen molar-refractivity contribution in [1.29, 1.82) is 0 Å². The van der Waals surface area contributed by atoms with E-state index in [1.165, 1.54) is 0 Å². The van der Waals surface area contributed by atoms with Gasteiger partial charge in [0.1, 0.15) is 23.6 Å². The second-order valence-corrected chi connectivity index (χ2v) is 5.35. The maximum atomic E-state index is 11.3. The number of nitrogens with one attached hydrogen (secondary N) is 1. The van der Waals surface area contributed by atoms with Gasteiger partial charge < -0.3 is 20.7 Å². The van der Waals surface area contributed by atoms with Gasteiger partial charge in [-0.25, -0.2) is 0 Å². The van der Waals surface area contributed by atoms with Crippen molar-refractivity contribution in [3.63, 3.8) is 0 Å². The normalized spacial score (nSPS) is 14.7. The number of carbonyl (C=O) groups excluding carboxylic acids is 1. The first-order valence-corrected chi connectivity index (χ1v) is 5.85. The SMILES string of the molecule is CC(C)[S+]([O-])C[C@H](N)C(=O)NCC(=O)O. The molecule has 0 spiro atoms. The van der Waals surface area contributed by atoms with Crippen LogP contribution in [0.2, 0.25) is 0 Å². The van der Waals surface area contributed by atoms with Crippen LogP contribution in [0.5, 0.6) is 0 Å². The largest absolute Gasteiger partial charge is 0.616 e. The molecule has 1 amide bonds. The highest BCUT2D eigenvalue weighted by atomic mass is 32.2. The number of rotatable bonds is 6. The highest BCUT2D eigenvalue weighted by Gasteiger charge is 2.22. The summed E-state index contributed by atoms with van der Waals surface area (Å²) in [6.07, 6.45) is 0. The van der Waals surface area contributed by atoms with Gasteiger partial charge in [-0.1, -0.05) is 0 Å². The van der Waals surface area contributed by atoms with Crippen LogP contribution in [0.3, 0.4) is 0 Å². The van der Waals surface area contributed by atoms with E-state index < -0.39 is 35.6 Å². The Morgan fingerprint density at radius 1 is 1.53 bits per heavy atom. The molecule has 0 aromatic carbocycles. The average Bonchev–Trinajstić information content (AvgIpc) is 2.13. The molecule has 4 N–H and O–H groups in total. The Balaban J connectivity index is 3.93. The molecule has 0 radical (unpaired) electrons. The van der Waals surface area contributed by atoms with Crippen LogP contribution < -0.4 is 11.1 Å². The molecule has 0 fully saturated rings. The van der Waals surface area contributed by atoms with E-state index in [-0.39, 0.29) is 11.0 Å². The Labute approximate surface area is 91.4 Å². The van der Waals surface area contributed by atoms with Gasteiger partial charge in [0, 0.05) is 0 Å². The van der Waals surface area contributed by atoms with E-state index in [1.54, 1.807) is 13.8 Å². The molecular weight excluding hydrogens is 220 g/mol. The van der Waals surface area contributed by atoms with Crippen LogP contribution in [-0.2, 0) is 20.8 Å². The fraction of sp³-hybridized carbons (Fsp3) is 0.750. The summed E-state index contributed by atoms with van der Waals surface area (Å²) in [6.45, 7) is 3.05. The predicted molar refractivity (Wildman–Crippen MR) is 56.8 cm³/mol. The maximum absolute atomic E-state index is 11.3. The number of hydrogen-bond donors (Lipinski definition) is 3. The highest BCUT2D eigenvalue weighted by molar-refractivity contribution is 7.92. The van der Waals surface area contributed by atoms with Crippen LogP contribution in [0.15, 0.2) is 0 Å². The number of amides is 1. The summed E-state index contributed by atoms with van der Waals surface area (Å²) in [4.78, 5) is 21.3. The second kappa shape index (κ2) is 6.65. The average molecular weight is 236 g/mol. The molecule has 0 aliphatic heterocycles. The zero-order valence-corrected chi connectivity index (χ0v) is 9.54. The quantitative estimate of drug-likeness (QED) is 0.494. The van der Waals surface area contributed by atoms with Gasteiger partial charge in [-0.15, -0.1) is 0 Å². The minimum Gasteiger partial charge on any atom is -0.616 e. The molecular formula is C8H16N2O4S. The lowest BCUT2D eigenvalue weighted by Crippen LogP contribution is -2.47. The lowest BCUT2D eigenvalue weighted by atomic mass is 10.3. The number of carboxylic acids is 1. The van der Waals surface area contributed by atoms with E-state index >= 15 is 0 Å². The van der Waals surface area contributed by atoms with E-state index in [0.29, 0.717) is 0 Å². The first kappa shape index (κ1) is 14.2. The summed E-state index contributed by atoms with van der Waals surface area (Å²) < 4.78 is 11.3. The molecule has 0 aromatic heterocycles. The molecule has 6 nitrogen and oxygen atoms in total. The number of nitrogens with two attached hydrogens (primary N) is 1. The van der Waals surface area contributed by atoms with Crippen molar-refractivity contribution in [2.24, 2.45) is 5.73 Å². The molecule has 0 aliphatic carbocycles. The van der Waals surface area contributed by atoms with Gasteiger partial charge in [-0.2, -0.15) is 0 Å². The Bertz CT molecular complexity index is 235. The Kier molecular flexibility index (Phi) is 6.30. The van der Waals surface area contributed by atoms with Crippen molar-refractivity contribution in [2.45, 2.75) is 25.1 Å². The Morgan fingerprint density at radius 3 is 2.47 bits per heavy atom. The predicted octanol–water partition coefficient (Wildman–Crippen LogP) is -1.33. The molecule has 0 saturated heterocycles. The monoisotopic (exact) mass is 236 g/mol. The first-order valence-electron chi connectivity index (χ1n) is 4.46. The summed E-state index contributed by atoms with van der Waals surface area (Å²) in [5, 5.41) is 10.4. The number of carbonyl (C=O) groups is 2. The fourth-order valence-electron chi connectivity index (χ4n) is 0.739. The molecule has 0 heterocycles. The molecule has 0 aromatic rings. The third-order valence-corrected chi connectivity index (χ3v) is 3.36. The summed E-state index contributed by atoms with van der Waals surface area (Å²) >= 11 is -1.17. The van der Waals surface area contributed by atoms with Gasteiger partial charge in [0.2, 0.25) is 5.91 Å². The molecule has 0 saturated carbocycles. The van der Waals surface area contributed by atoms with Crippen LogP contribution in [0.1, 0.15) is 13.8 Å². The molecule has 88 valence electrons. The van der Waals surface area contributed by atoms with Crippen LogP contribution in [0.4, 0.5) is 0 Å². The zero-order chi connectivity index (χ0) is 12.0. The summed E-state index contributed by atoms with van der Waals surface area (Å²) in [6, 6.07) is -0.924. The molecule has 2 atom stereocenters. The lowest BCUT2D eigenvalue weighted by Gasteiger charge is -2.18. The minimum absolute atomic E-state index is 0.0448. The van der Waals surface area contributed by atoms with Crippen molar-refractivity contribution in [3.05, 3.63) is 0 Å². The number of aliphatic carboxylic acids is 1. The molecule has 0 bridgehead atoms. The number of carboxylic acid groups (broad SMARTS) is 1. The molecule has 7 heteroatoms. The van der Waals surface area contributed by atoms with Crippen LogP contribution in [-0.4, -0.2) is 45.1 Å². The van der Waals surface area contributed by atoms with Crippen LogP contribution in [0.25, 0.3) is 0 Å². The fourth-order valence-corrected chi connectivity index (χ4v) is 1.63. The van der Waals surface area contributed by atoms with Gasteiger partial charge in [-0.05, 0) is 25.0 Å². The third-order valence-electron chi connectivity index (χ3n) is 1.62. The van der Waals surface area contributed by atoms with E-state index in [9.17, 15) is 14.1 Å². The Morgan fingerprint density at radius 2 is 2.07 bits per heavy atom. The molecule has 0 rings (SSSR count). The van der Waals surface area contributed by atoms with Crippen molar-refractivity contribution in [3.8, 4) is 0 Å². The third kappa shape index (κ3) is 6.32. The van der Waals surface area contributed by atoms with E-state index in [4.69, 9.17) is 10.8 Å². The van der Waals surface area contributed by atoms with Crippen molar-refractivity contribution in [2.75, 3.05) is 12.3 Å². The van der Waals surface area contributed by atoms with Gasteiger partial charge in [0.25, 0.3) is 0 Å².